The van der Waals surface area contributed by atoms with E-state index in [1.807, 2.05) is 20.8 Å². The van der Waals surface area contributed by atoms with E-state index >= 15 is 0 Å². The van der Waals surface area contributed by atoms with Crippen molar-refractivity contribution in [1.29, 1.82) is 0 Å². The van der Waals surface area contributed by atoms with E-state index in [4.69, 9.17) is 16.3 Å². The third kappa shape index (κ3) is 5.34. The molecule has 1 amide bonds. The van der Waals surface area contributed by atoms with E-state index in [0.717, 1.165) is 5.69 Å². The van der Waals surface area contributed by atoms with Gasteiger partial charge in [-0.15, -0.1) is 5.10 Å². The summed E-state index contributed by atoms with van der Waals surface area (Å²) in [5.74, 6) is 0.287. The van der Waals surface area contributed by atoms with Crippen molar-refractivity contribution < 1.29 is 13.9 Å². The van der Waals surface area contributed by atoms with Gasteiger partial charge in [-0.25, -0.2) is 9.18 Å². The highest BCUT2D eigenvalue weighted by Gasteiger charge is 2.17. The molecule has 11 heteroatoms. The Labute approximate surface area is 200 Å². The molecule has 9 nitrogen and oxygen atoms in total. The number of hydrogen-bond donors (Lipinski definition) is 1. The number of amides is 1. The van der Waals surface area contributed by atoms with Crippen molar-refractivity contribution in [2.75, 3.05) is 0 Å². The Bertz CT molecular complexity index is 1330. The fourth-order valence-corrected chi connectivity index (χ4v) is 3.36. The second-order valence-electron chi connectivity index (χ2n) is 7.84. The van der Waals surface area contributed by atoms with Gasteiger partial charge in [-0.05, 0) is 53.2 Å². The van der Waals surface area contributed by atoms with Crippen molar-refractivity contribution in [3.05, 3.63) is 76.8 Å². The number of aromatic nitrogens is 6. The van der Waals surface area contributed by atoms with Crippen LogP contribution < -0.4 is 10.1 Å². The van der Waals surface area contributed by atoms with Gasteiger partial charge < -0.3 is 10.1 Å². The first-order valence-electron chi connectivity index (χ1n) is 10.4. The molecule has 0 atom stereocenters. The van der Waals surface area contributed by atoms with E-state index in [0.29, 0.717) is 22.8 Å². The van der Waals surface area contributed by atoms with Gasteiger partial charge in [-0.1, -0.05) is 25.4 Å². The van der Waals surface area contributed by atoms with Crippen LogP contribution in [0.2, 0.25) is 5.02 Å². The number of nitrogens with one attached hydrogen (secondary N) is 1. The summed E-state index contributed by atoms with van der Waals surface area (Å²) in [5.41, 5.74) is 2.60. The molecule has 0 bridgehead atoms. The van der Waals surface area contributed by atoms with Crippen LogP contribution >= 0.6 is 11.6 Å². The number of rotatable bonds is 6. The van der Waals surface area contributed by atoms with Crippen LogP contribution in [0.4, 0.5) is 9.18 Å². The second kappa shape index (κ2) is 9.92. The number of tetrazole rings is 1. The first-order valence-corrected chi connectivity index (χ1v) is 10.8. The van der Waals surface area contributed by atoms with E-state index in [2.05, 4.69) is 30.8 Å². The molecule has 1 N–H and O–H groups in total. The van der Waals surface area contributed by atoms with Crippen LogP contribution in [0.5, 0.6) is 5.75 Å². The number of carbonyl (C=O) groups is 1. The lowest BCUT2D eigenvalue weighted by Crippen LogP contribution is -2.26. The van der Waals surface area contributed by atoms with Crippen LogP contribution in [0.3, 0.4) is 0 Å². The molecule has 174 valence electrons. The van der Waals surface area contributed by atoms with Gasteiger partial charge in [0.25, 0.3) is 0 Å². The molecule has 0 saturated carbocycles. The van der Waals surface area contributed by atoms with E-state index in [-0.39, 0.29) is 28.8 Å². The van der Waals surface area contributed by atoms with Crippen LogP contribution in [0.15, 0.2) is 48.8 Å². The molecule has 0 aliphatic carbocycles. The number of aryl methyl sites for hydroxylation is 1. The Morgan fingerprint density at radius 3 is 2.71 bits per heavy atom. The van der Waals surface area contributed by atoms with E-state index in [1.54, 1.807) is 42.7 Å². The normalized spacial score (nSPS) is 11.0. The van der Waals surface area contributed by atoms with Gasteiger partial charge in [-0.2, -0.15) is 4.68 Å². The number of hydrogen-bond acceptors (Lipinski definition) is 7. The molecule has 0 radical (unpaired) electrons. The molecule has 2 aromatic heterocycles. The fourth-order valence-electron chi connectivity index (χ4n) is 3.20. The zero-order valence-corrected chi connectivity index (χ0v) is 19.4. The standard InChI is InChI=1S/C23H21ClFN7O2/c1-13(2)22-29-30-31-32(22)18-6-15(20-5-4-16(24)8-21(20)25)7-19(9-18)34-23(33)28-12-17-11-26-14(3)10-27-17/h4-11,13H,12H2,1-3H3,(H,28,33). The second-order valence-corrected chi connectivity index (χ2v) is 8.27. The Hall–Kier alpha value is -3.92. The number of nitrogens with zero attached hydrogens (tertiary/aromatic N) is 6. The average Bonchev–Trinajstić information content (AvgIpc) is 3.29. The molecule has 2 heterocycles. The zero-order chi connectivity index (χ0) is 24.2. The third-order valence-corrected chi connectivity index (χ3v) is 5.08. The Morgan fingerprint density at radius 2 is 2.00 bits per heavy atom. The topological polar surface area (TPSA) is 108 Å². The summed E-state index contributed by atoms with van der Waals surface area (Å²) < 4.78 is 21.7. The summed E-state index contributed by atoms with van der Waals surface area (Å²) in [6.45, 7) is 5.85. The predicted octanol–water partition coefficient (Wildman–Crippen LogP) is 4.63. The molecule has 0 aliphatic rings. The smallest absolute Gasteiger partial charge is 0.410 e. The van der Waals surface area contributed by atoms with Crippen LogP contribution in [0.1, 0.15) is 37.0 Å². The molecule has 0 aliphatic heterocycles. The molecular weight excluding hydrogens is 461 g/mol. The molecule has 4 aromatic rings. The molecule has 2 aromatic carbocycles. The van der Waals surface area contributed by atoms with E-state index in [9.17, 15) is 9.18 Å². The number of ether oxygens (including phenoxy) is 1. The van der Waals surface area contributed by atoms with Crippen molar-refractivity contribution in [3.63, 3.8) is 0 Å². The summed E-state index contributed by atoms with van der Waals surface area (Å²) in [6, 6.07) is 9.22. The van der Waals surface area contributed by atoms with Gasteiger partial charge in [0.05, 0.1) is 29.8 Å². The lowest BCUT2D eigenvalue weighted by atomic mass is 10.0. The van der Waals surface area contributed by atoms with Crippen molar-refractivity contribution in [3.8, 4) is 22.6 Å². The van der Waals surface area contributed by atoms with Crippen molar-refractivity contribution in [1.82, 2.24) is 35.5 Å². The van der Waals surface area contributed by atoms with Crippen LogP contribution in [0, 0.1) is 12.7 Å². The van der Waals surface area contributed by atoms with Crippen molar-refractivity contribution in [2.24, 2.45) is 0 Å². The minimum absolute atomic E-state index is 0.0224. The largest absolute Gasteiger partial charge is 0.412 e. The zero-order valence-electron chi connectivity index (χ0n) is 18.7. The van der Waals surface area contributed by atoms with Gasteiger partial charge in [0, 0.05) is 28.8 Å². The monoisotopic (exact) mass is 481 g/mol. The van der Waals surface area contributed by atoms with Gasteiger partial charge in [0.1, 0.15) is 11.6 Å². The number of halogens is 2. The summed E-state index contributed by atoms with van der Waals surface area (Å²) in [6.07, 6.45) is 2.47. The minimum Gasteiger partial charge on any atom is -0.410 e. The molecule has 4 rings (SSSR count). The Morgan fingerprint density at radius 1 is 1.18 bits per heavy atom. The maximum absolute atomic E-state index is 14.7. The highest BCUT2D eigenvalue weighted by atomic mass is 35.5. The lowest BCUT2D eigenvalue weighted by molar-refractivity contribution is 0.200. The lowest BCUT2D eigenvalue weighted by Gasteiger charge is -2.13. The number of benzene rings is 2. The van der Waals surface area contributed by atoms with Crippen molar-refractivity contribution >= 4 is 17.7 Å². The highest BCUT2D eigenvalue weighted by molar-refractivity contribution is 6.30. The summed E-state index contributed by atoms with van der Waals surface area (Å²) in [7, 11) is 0. The van der Waals surface area contributed by atoms with Crippen LogP contribution in [0.25, 0.3) is 16.8 Å². The molecule has 34 heavy (non-hydrogen) atoms. The maximum atomic E-state index is 14.7. The average molecular weight is 482 g/mol. The summed E-state index contributed by atoms with van der Waals surface area (Å²) in [5, 5.41) is 14.8. The SMILES string of the molecule is Cc1cnc(CNC(=O)Oc2cc(-c3ccc(Cl)cc3F)cc(-n3nnnc3C(C)C)c2)cn1. The van der Waals surface area contributed by atoms with E-state index < -0.39 is 11.9 Å². The molecule has 0 saturated heterocycles. The summed E-state index contributed by atoms with van der Waals surface area (Å²) in [4.78, 5) is 20.8. The Balaban J connectivity index is 1.66. The molecule has 0 spiro atoms. The van der Waals surface area contributed by atoms with E-state index in [1.165, 1.54) is 10.7 Å². The highest BCUT2D eigenvalue weighted by Crippen LogP contribution is 2.31. The molecule has 0 fully saturated rings. The molecule has 0 unspecified atom stereocenters. The van der Waals surface area contributed by atoms with Gasteiger partial charge in [-0.3, -0.25) is 9.97 Å². The Kier molecular flexibility index (Phi) is 6.78. The van der Waals surface area contributed by atoms with Crippen LogP contribution in [-0.4, -0.2) is 36.3 Å². The van der Waals surface area contributed by atoms with Gasteiger partial charge in [0.15, 0.2) is 5.82 Å². The first-order chi connectivity index (χ1) is 16.3. The fraction of sp³-hybridized carbons (Fsp3) is 0.217. The third-order valence-electron chi connectivity index (χ3n) is 4.85. The quantitative estimate of drug-likeness (QED) is 0.427. The molecular formula is C23H21ClFN7O2. The van der Waals surface area contributed by atoms with Crippen molar-refractivity contribution in [2.45, 2.75) is 33.2 Å². The van der Waals surface area contributed by atoms with Gasteiger partial charge >= 0.3 is 6.09 Å². The maximum Gasteiger partial charge on any atom is 0.412 e. The minimum atomic E-state index is -0.706. The number of carbonyl (C=O) groups excluding carboxylic acids is 1. The van der Waals surface area contributed by atoms with Gasteiger partial charge in [0.2, 0.25) is 0 Å². The summed E-state index contributed by atoms with van der Waals surface area (Å²) >= 11 is 5.91. The predicted molar refractivity (Wildman–Crippen MR) is 123 cm³/mol. The first kappa shape index (κ1) is 23.2. The van der Waals surface area contributed by atoms with Crippen LogP contribution in [-0.2, 0) is 6.54 Å².